The minimum Gasteiger partial charge on any atom is -0.490 e. The van der Waals surface area contributed by atoms with Crippen molar-refractivity contribution in [3.63, 3.8) is 0 Å². The molecule has 2 heterocycles. The number of esters is 1. The van der Waals surface area contributed by atoms with E-state index in [0.29, 0.717) is 60.8 Å². The maximum Gasteiger partial charge on any atom is 0.338 e. The van der Waals surface area contributed by atoms with E-state index >= 15 is 0 Å². The van der Waals surface area contributed by atoms with Crippen LogP contribution in [-0.4, -0.2) is 33.4 Å². The van der Waals surface area contributed by atoms with Crippen molar-refractivity contribution in [3.8, 4) is 11.5 Å². The molecule has 1 fully saturated rings. The lowest BCUT2D eigenvalue weighted by Gasteiger charge is -2.30. The number of anilines is 1. The second-order valence-corrected chi connectivity index (χ2v) is 14.0. The summed E-state index contributed by atoms with van der Waals surface area (Å²) in [6, 6.07) is 18.5. The molecule has 0 radical (unpaired) electrons. The lowest BCUT2D eigenvalue weighted by molar-refractivity contribution is -0.146. The predicted molar refractivity (Wildman–Crippen MR) is 190 cm³/mol. The number of allylic oxidation sites excluding steroid dienone is 1. The second kappa shape index (κ2) is 15.4. The van der Waals surface area contributed by atoms with E-state index in [1.54, 1.807) is 4.68 Å². The summed E-state index contributed by atoms with van der Waals surface area (Å²) in [6.45, 7) is 4.45. The number of nitrogens with one attached hydrogen (secondary N) is 1. The lowest BCUT2D eigenvalue weighted by Crippen LogP contribution is -2.32. The van der Waals surface area contributed by atoms with E-state index in [9.17, 15) is 4.79 Å². The number of hydrogen-bond donors (Lipinski definition) is 1. The smallest absolute Gasteiger partial charge is 0.338 e. The van der Waals surface area contributed by atoms with Gasteiger partial charge in [0.15, 0.2) is 11.5 Å². The summed E-state index contributed by atoms with van der Waals surface area (Å²) >= 11 is 18.0. The SMILES string of the molecule is CCOc1cc(C2C(C(=O)OC3CCCCC3)=C(C)Nc3nc(SCc4ccccc4Cl)nn32)cc(Br)c1OCc1ccccc1Cl. The first-order chi connectivity index (χ1) is 22.8. The number of ether oxygens (including phenoxy) is 3. The first kappa shape index (κ1) is 33.7. The first-order valence-electron chi connectivity index (χ1n) is 15.7. The van der Waals surface area contributed by atoms with Gasteiger partial charge < -0.3 is 19.5 Å². The monoisotopic (exact) mass is 756 g/mol. The third kappa shape index (κ3) is 7.77. The fourth-order valence-electron chi connectivity index (χ4n) is 5.83. The largest absolute Gasteiger partial charge is 0.490 e. The number of carbonyl (C=O) groups excluding carboxylic acids is 1. The zero-order valence-electron chi connectivity index (χ0n) is 26.1. The van der Waals surface area contributed by atoms with Crippen LogP contribution in [0.4, 0.5) is 5.95 Å². The first-order valence-corrected chi connectivity index (χ1v) is 18.2. The molecule has 1 aliphatic heterocycles. The van der Waals surface area contributed by atoms with Crippen molar-refractivity contribution in [1.29, 1.82) is 0 Å². The number of benzene rings is 3. The molecule has 2 aliphatic rings. The second-order valence-electron chi connectivity index (χ2n) is 11.4. The van der Waals surface area contributed by atoms with Gasteiger partial charge in [-0.05, 0) is 90.9 Å². The van der Waals surface area contributed by atoms with Crippen molar-refractivity contribution in [2.75, 3.05) is 11.9 Å². The minimum absolute atomic E-state index is 0.109. The molecule has 47 heavy (non-hydrogen) atoms. The fourth-order valence-corrected chi connectivity index (χ4v) is 7.71. The molecule has 1 saturated carbocycles. The van der Waals surface area contributed by atoms with Crippen LogP contribution in [0.1, 0.15) is 68.7 Å². The van der Waals surface area contributed by atoms with Crippen LogP contribution in [0.5, 0.6) is 11.5 Å². The van der Waals surface area contributed by atoms with Gasteiger partial charge >= 0.3 is 5.97 Å². The van der Waals surface area contributed by atoms with Crippen LogP contribution in [0.3, 0.4) is 0 Å². The molecule has 0 spiro atoms. The van der Waals surface area contributed by atoms with Gasteiger partial charge in [-0.3, -0.25) is 0 Å². The van der Waals surface area contributed by atoms with Gasteiger partial charge in [0.2, 0.25) is 11.1 Å². The number of halogens is 3. The zero-order valence-corrected chi connectivity index (χ0v) is 30.0. The van der Waals surface area contributed by atoms with Crippen molar-refractivity contribution in [2.24, 2.45) is 0 Å². The third-order valence-corrected chi connectivity index (χ3v) is 10.4. The van der Waals surface area contributed by atoms with Gasteiger partial charge in [-0.1, -0.05) is 77.8 Å². The summed E-state index contributed by atoms with van der Waals surface area (Å²) in [5.41, 5.74) is 3.73. The third-order valence-electron chi connectivity index (χ3n) is 8.17. The molecule has 1 N–H and O–H groups in total. The normalized spacial score (nSPS) is 16.4. The predicted octanol–water partition coefficient (Wildman–Crippen LogP) is 9.78. The van der Waals surface area contributed by atoms with Crippen LogP contribution in [0, 0.1) is 0 Å². The number of rotatable bonds is 11. The Labute approximate surface area is 297 Å². The molecule has 246 valence electrons. The average molecular weight is 759 g/mol. The summed E-state index contributed by atoms with van der Waals surface area (Å²) in [5, 5.41) is 10.1. The van der Waals surface area contributed by atoms with Gasteiger partial charge in [0.25, 0.3) is 0 Å². The van der Waals surface area contributed by atoms with Crippen LogP contribution in [0.2, 0.25) is 10.0 Å². The van der Waals surface area contributed by atoms with Gasteiger partial charge in [0.1, 0.15) is 18.8 Å². The van der Waals surface area contributed by atoms with Gasteiger partial charge in [-0.2, -0.15) is 4.98 Å². The van der Waals surface area contributed by atoms with Gasteiger partial charge in [-0.15, -0.1) is 5.10 Å². The summed E-state index contributed by atoms with van der Waals surface area (Å²) in [6.07, 6.45) is 4.89. The maximum atomic E-state index is 14.0. The molecule has 1 aliphatic carbocycles. The Hall–Kier alpha value is -3.18. The molecule has 4 aromatic rings. The number of fused-ring (bicyclic) bond motifs is 1. The topological polar surface area (TPSA) is 87.5 Å². The van der Waals surface area contributed by atoms with E-state index in [1.807, 2.05) is 74.5 Å². The van der Waals surface area contributed by atoms with E-state index in [4.69, 9.17) is 47.5 Å². The summed E-state index contributed by atoms with van der Waals surface area (Å²) in [5.74, 6) is 1.80. The molecular weight excluding hydrogens is 723 g/mol. The Kier molecular flexibility index (Phi) is 11.0. The Balaban J connectivity index is 1.37. The molecule has 8 nitrogen and oxygen atoms in total. The Bertz CT molecular complexity index is 1790. The van der Waals surface area contributed by atoms with Crippen LogP contribution in [0.15, 0.2) is 81.6 Å². The Morgan fingerprint density at radius 1 is 1.02 bits per heavy atom. The van der Waals surface area contributed by atoms with Crippen molar-refractivity contribution >= 4 is 62.8 Å². The van der Waals surface area contributed by atoms with E-state index in [0.717, 1.165) is 48.8 Å². The number of hydrogen-bond acceptors (Lipinski definition) is 8. The van der Waals surface area contributed by atoms with Crippen LogP contribution in [-0.2, 0) is 21.9 Å². The highest BCUT2D eigenvalue weighted by atomic mass is 79.9. The molecule has 1 unspecified atom stereocenters. The average Bonchev–Trinajstić information content (AvgIpc) is 3.47. The van der Waals surface area contributed by atoms with Crippen LogP contribution in [0.25, 0.3) is 0 Å². The van der Waals surface area contributed by atoms with Crippen molar-refractivity contribution in [1.82, 2.24) is 14.8 Å². The zero-order chi connectivity index (χ0) is 32.9. The van der Waals surface area contributed by atoms with Gasteiger partial charge in [-0.25, -0.2) is 9.48 Å². The fraction of sp³-hybridized carbons (Fsp3) is 0.343. The number of aromatic nitrogens is 3. The number of thioether (sulfide) groups is 1. The summed E-state index contributed by atoms with van der Waals surface area (Å²) < 4.78 is 20.9. The molecule has 6 rings (SSSR count). The molecular formula is C35H35BrCl2N4O4S. The molecule has 12 heteroatoms. The minimum atomic E-state index is -0.641. The standard InChI is InChI=1S/C35H35BrCl2N4O4S/c1-3-44-29-18-24(17-26(36)32(29)45-19-22-11-7-9-15-27(22)37)31-30(33(43)46-25-13-5-4-6-14-25)21(2)39-34-40-35(41-42(31)34)47-20-23-12-8-10-16-28(23)38/h7-12,15-18,25,31H,3-6,13-14,19-20H2,1-2H3,(H,39,40,41). The molecule has 0 saturated heterocycles. The number of nitrogens with zero attached hydrogens (tertiary/aromatic N) is 3. The van der Waals surface area contributed by atoms with Crippen molar-refractivity contribution < 1.29 is 19.0 Å². The van der Waals surface area contributed by atoms with Gasteiger partial charge in [0, 0.05) is 27.1 Å². The molecule has 3 aromatic carbocycles. The summed E-state index contributed by atoms with van der Waals surface area (Å²) in [4.78, 5) is 18.8. The van der Waals surface area contributed by atoms with E-state index in [-0.39, 0.29) is 18.7 Å². The Morgan fingerprint density at radius 3 is 2.43 bits per heavy atom. The summed E-state index contributed by atoms with van der Waals surface area (Å²) in [7, 11) is 0. The highest BCUT2D eigenvalue weighted by Gasteiger charge is 2.37. The van der Waals surface area contributed by atoms with E-state index in [2.05, 4.69) is 21.2 Å². The van der Waals surface area contributed by atoms with E-state index < -0.39 is 6.04 Å². The van der Waals surface area contributed by atoms with Crippen molar-refractivity contribution in [2.45, 2.75) is 75.6 Å². The molecule has 0 amide bonds. The van der Waals surface area contributed by atoms with Crippen molar-refractivity contribution in [3.05, 3.63) is 103 Å². The van der Waals surface area contributed by atoms with Gasteiger partial charge in [0.05, 0.1) is 16.7 Å². The van der Waals surface area contributed by atoms with Crippen LogP contribution >= 0.6 is 50.9 Å². The van der Waals surface area contributed by atoms with Crippen LogP contribution < -0.4 is 14.8 Å². The molecule has 1 aromatic heterocycles. The maximum absolute atomic E-state index is 14.0. The van der Waals surface area contributed by atoms with E-state index in [1.165, 1.54) is 11.8 Å². The highest BCUT2D eigenvalue weighted by molar-refractivity contribution is 9.10. The quantitative estimate of drug-likeness (QED) is 0.120. The molecule has 1 atom stereocenters. The number of carbonyl (C=O) groups is 1. The highest BCUT2D eigenvalue weighted by Crippen LogP contribution is 2.44. The Morgan fingerprint density at radius 2 is 1.72 bits per heavy atom. The molecule has 0 bridgehead atoms. The lowest BCUT2D eigenvalue weighted by atomic mass is 9.94.